The van der Waals surface area contributed by atoms with Crippen LogP contribution in [0.4, 0.5) is 4.79 Å². The molecule has 0 radical (unpaired) electrons. The average Bonchev–Trinajstić information content (AvgIpc) is 2.97. The minimum Gasteiger partial charge on any atom is -0.434 e. The van der Waals surface area contributed by atoms with E-state index in [4.69, 9.17) is 14.3 Å². The minimum atomic E-state index is -0.779. The van der Waals surface area contributed by atoms with E-state index in [1.54, 1.807) is 14.0 Å². The molecule has 166 valence electrons. The molecule has 2 aliphatic rings. The Bertz CT molecular complexity index is 802. The van der Waals surface area contributed by atoms with Crippen molar-refractivity contribution in [1.82, 2.24) is 10.4 Å². The Balaban J connectivity index is 0.00000320. The zero-order valence-electron chi connectivity index (χ0n) is 17.8. The van der Waals surface area contributed by atoms with E-state index in [9.17, 15) is 9.59 Å². The molecule has 30 heavy (non-hydrogen) atoms. The molecule has 1 fully saturated rings. The second-order valence-corrected chi connectivity index (χ2v) is 7.70. The number of aryl methyl sites for hydroxylation is 3. The van der Waals surface area contributed by atoms with Crippen molar-refractivity contribution in [3.05, 3.63) is 40.1 Å². The predicted molar refractivity (Wildman–Crippen MR) is 116 cm³/mol. The van der Waals surface area contributed by atoms with Crippen molar-refractivity contribution >= 4 is 17.6 Å². The molecule has 2 heterocycles. The standard InChI is InChI=1S/C22H30N2O5.CH4/c1-6-28-22(26)29-20-18(17-14(3)11-13(2)12-15(17)4)21(25)23-19(20)16-7-9-24(27-5)10-8-16;/h11-12,16,19H,6-10H2,1-5H3,(H,23,25);1H4. The monoisotopic (exact) mass is 418 g/mol. The molecular weight excluding hydrogens is 384 g/mol. The van der Waals surface area contributed by atoms with Gasteiger partial charge in [0.15, 0.2) is 0 Å². The summed E-state index contributed by atoms with van der Waals surface area (Å²) in [7, 11) is 1.66. The molecular formula is C23H34N2O5. The fourth-order valence-corrected chi connectivity index (χ4v) is 4.43. The number of amides is 1. The summed E-state index contributed by atoms with van der Waals surface area (Å²) in [6, 6.07) is 3.71. The van der Waals surface area contributed by atoms with Crippen molar-refractivity contribution in [3.8, 4) is 0 Å². The SMILES string of the molecule is C.CCOC(=O)OC1=C(c2c(C)cc(C)cc2C)C(=O)NC1C1CCN(OC)CC1. The van der Waals surface area contributed by atoms with Crippen LogP contribution < -0.4 is 5.32 Å². The maximum atomic E-state index is 13.1. The van der Waals surface area contributed by atoms with E-state index in [0.717, 1.165) is 48.2 Å². The number of nitrogens with zero attached hydrogens (tertiary/aromatic N) is 1. The number of hydrogen-bond acceptors (Lipinski definition) is 6. The Kier molecular flexibility index (Phi) is 8.03. The molecule has 1 aromatic carbocycles. The first-order valence-electron chi connectivity index (χ1n) is 10.1. The van der Waals surface area contributed by atoms with Gasteiger partial charge >= 0.3 is 6.16 Å². The minimum absolute atomic E-state index is 0. The number of rotatable bonds is 5. The van der Waals surface area contributed by atoms with Crippen LogP contribution in [-0.4, -0.2) is 50.0 Å². The summed E-state index contributed by atoms with van der Waals surface area (Å²) in [5, 5.41) is 4.97. The van der Waals surface area contributed by atoms with E-state index >= 15 is 0 Å². The summed E-state index contributed by atoms with van der Waals surface area (Å²) in [6.07, 6.45) is 0.875. The molecule has 0 saturated carbocycles. The van der Waals surface area contributed by atoms with E-state index in [0.29, 0.717) is 11.3 Å². The molecule has 7 heteroatoms. The van der Waals surface area contributed by atoms with Crippen LogP contribution in [-0.2, 0) is 19.1 Å². The van der Waals surface area contributed by atoms with Crippen LogP contribution in [0.25, 0.3) is 5.57 Å². The molecule has 0 aliphatic carbocycles. The molecule has 1 unspecified atom stereocenters. The van der Waals surface area contributed by atoms with Gasteiger partial charge in [-0.1, -0.05) is 25.1 Å². The molecule has 1 N–H and O–H groups in total. The van der Waals surface area contributed by atoms with Gasteiger partial charge in [-0.2, -0.15) is 5.06 Å². The molecule has 1 atom stereocenters. The maximum Gasteiger partial charge on any atom is 0.513 e. The van der Waals surface area contributed by atoms with E-state index in [-0.39, 0.29) is 31.9 Å². The van der Waals surface area contributed by atoms with E-state index < -0.39 is 6.16 Å². The summed E-state index contributed by atoms with van der Waals surface area (Å²) in [5.41, 5.74) is 4.34. The van der Waals surface area contributed by atoms with Crippen LogP contribution >= 0.6 is 0 Å². The number of carbonyl (C=O) groups is 2. The van der Waals surface area contributed by atoms with Gasteiger partial charge in [0.1, 0.15) is 5.76 Å². The third kappa shape index (κ3) is 4.84. The van der Waals surface area contributed by atoms with Crippen LogP contribution in [0.2, 0.25) is 0 Å². The van der Waals surface area contributed by atoms with Crippen LogP contribution in [0.3, 0.4) is 0 Å². The molecule has 1 aromatic rings. The van der Waals surface area contributed by atoms with E-state index in [2.05, 4.69) is 5.32 Å². The lowest BCUT2D eigenvalue weighted by molar-refractivity contribution is -0.149. The largest absolute Gasteiger partial charge is 0.513 e. The second-order valence-electron chi connectivity index (χ2n) is 7.70. The lowest BCUT2D eigenvalue weighted by Crippen LogP contribution is -2.43. The molecule has 2 aliphatic heterocycles. The van der Waals surface area contributed by atoms with Gasteiger partial charge in [0.25, 0.3) is 5.91 Å². The molecule has 1 amide bonds. The number of nitrogens with one attached hydrogen (secondary N) is 1. The number of piperidine rings is 1. The van der Waals surface area contributed by atoms with Crippen molar-refractivity contribution in [1.29, 1.82) is 0 Å². The Labute approximate surface area is 179 Å². The van der Waals surface area contributed by atoms with Gasteiger partial charge in [-0.3, -0.25) is 4.79 Å². The fourth-order valence-electron chi connectivity index (χ4n) is 4.43. The van der Waals surface area contributed by atoms with Crippen molar-refractivity contribution < 1.29 is 23.9 Å². The first-order chi connectivity index (χ1) is 13.8. The summed E-state index contributed by atoms with van der Waals surface area (Å²) in [5.74, 6) is 0.316. The number of hydroxylamine groups is 2. The highest BCUT2D eigenvalue weighted by Crippen LogP contribution is 2.37. The third-order valence-corrected chi connectivity index (χ3v) is 5.65. The Hall–Kier alpha value is -2.38. The van der Waals surface area contributed by atoms with Crippen LogP contribution in [0.5, 0.6) is 0 Å². The molecule has 7 nitrogen and oxygen atoms in total. The third-order valence-electron chi connectivity index (χ3n) is 5.65. The molecule has 0 spiro atoms. The lowest BCUT2D eigenvalue weighted by atomic mass is 9.87. The van der Waals surface area contributed by atoms with Crippen LogP contribution in [0.15, 0.2) is 17.9 Å². The Morgan fingerprint density at radius 2 is 1.77 bits per heavy atom. The van der Waals surface area contributed by atoms with Crippen molar-refractivity contribution in [3.63, 3.8) is 0 Å². The predicted octanol–water partition coefficient (Wildman–Crippen LogP) is 3.90. The molecule has 1 saturated heterocycles. The van der Waals surface area contributed by atoms with Gasteiger partial charge in [0, 0.05) is 13.1 Å². The molecule has 0 bridgehead atoms. The van der Waals surface area contributed by atoms with E-state index in [1.165, 1.54) is 0 Å². The number of carbonyl (C=O) groups excluding carboxylic acids is 2. The van der Waals surface area contributed by atoms with Crippen molar-refractivity contribution in [2.24, 2.45) is 5.92 Å². The molecule has 0 aromatic heterocycles. The number of hydrogen-bond donors (Lipinski definition) is 1. The topological polar surface area (TPSA) is 77.1 Å². The maximum absolute atomic E-state index is 13.1. The molecule has 3 rings (SSSR count). The summed E-state index contributed by atoms with van der Waals surface area (Å²) < 4.78 is 10.6. The Morgan fingerprint density at radius 1 is 1.17 bits per heavy atom. The normalized spacial score (nSPS) is 20.0. The summed E-state index contributed by atoms with van der Waals surface area (Å²) >= 11 is 0. The lowest BCUT2D eigenvalue weighted by Gasteiger charge is -2.33. The number of benzene rings is 1. The second kappa shape index (κ2) is 10.1. The van der Waals surface area contributed by atoms with Gasteiger partial charge in [-0.15, -0.1) is 0 Å². The summed E-state index contributed by atoms with van der Waals surface area (Å²) in [4.78, 5) is 30.5. The van der Waals surface area contributed by atoms with Gasteiger partial charge in [-0.25, -0.2) is 4.79 Å². The number of ether oxygens (including phenoxy) is 2. The first-order valence-corrected chi connectivity index (χ1v) is 10.1. The van der Waals surface area contributed by atoms with Gasteiger partial charge < -0.3 is 19.6 Å². The van der Waals surface area contributed by atoms with Crippen molar-refractivity contribution in [2.75, 3.05) is 26.8 Å². The zero-order valence-corrected chi connectivity index (χ0v) is 17.8. The fraction of sp³-hybridized carbons (Fsp3) is 0.565. The average molecular weight is 419 g/mol. The first kappa shape index (κ1) is 23.9. The van der Waals surface area contributed by atoms with Crippen LogP contribution in [0.1, 0.15) is 49.4 Å². The van der Waals surface area contributed by atoms with Gasteiger partial charge in [0.2, 0.25) is 0 Å². The van der Waals surface area contributed by atoms with Gasteiger partial charge in [0.05, 0.1) is 25.3 Å². The Morgan fingerprint density at radius 3 is 2.30 bits per heavy atom. The van der Waals surface area contributed by atoms with E-state index in [1.807, 2.05) is 38.0 Å². The van der Waals surface area contributed by atoms with Gasteiger partial charge in [-0.05, 0) is 63.1 Å². The highest BCUT2D eigenvalue weighted by atomic mass is 16.7. The highest BCUT2D eigenvalue weighted by Gasteiger charge is 2.42. The summed E-state index contributed by atoms with van der Waals surface area (Å²) in [6.45, 7) is 9.43. The van der Waals surface area contributed by atoms with Crippen LogP contribution in [0, 0.1) is 26.7 Å². The smallest absolute Gasteiger partial charge is 0.434 e. The highest BCUT2D eigenvalue weighted by molar-refractivity contribution is 6.23. The zero-order chi connectivity index (χ0) is 21.1. The quantitative estimate of drug-likeness (QED) is 0.731. The van der Waals surface area contributed by atoms with Crippen molar-refractivity contribution in [2.45, 2.75) is 54.0 Å².